The molecule has 3 aromatic rings. The minimum atomic E-state index is -2.74. The number of aliphatic carboxylic acids is 3. The molecule has 0 bridgehead atoms. The van der Waals surface area contributed by atoms with Crippen molar-refractivity contribution in [3.05, 3.63) is 71.2 Å². The highest BCUT2D eigenvalue weighted by atomic mass is 19.1. The van der Waals surface area contributed by atoms with Gasteiger partial charge in [-0.25, -0.2) is 9.18 Å². The molecule has 1 spiro atoms. The van der Waals surface area contributed by atoms with Crippen molar-refractivity contribution in [2.45, 2.75) is 68.5 Å². The van der Waals surface area contributed by atoms with Gasteiger partial charge in [-0.3, -0.25) is 19.3 Å². The van der Waals surface area contributed by atoms with Crippen LogP contribution in [0.3, 0.4) is 0 Å². The average molecular weight is 612 g/mol. The molecule has 12 heteroatoms. The van der Waals surface area contributed by atoms with E-state index >= 15 is 0 Å². The number of aliphatic hydroxyl groups is 1. The summed E-state index contributed by atoms with van der Waals surface area (Å²) in [7, 11) is 4.32. The summed E-state index contributed by atoms with van der Waals surface area (Å²) in [6.45, 7) is 2.40. The molecule has 1 aliphatic carbocycles. The predicted octanol–water partition coefficient (Wildman–Crippen LogP) is 3.69. The molecule has 1 amide bonds. The number of hydrogen-bond donors (Lipinski definition) is 5. The minimum absolute atomic E-state index is 0.0509. The van der Waals surface area contributed by atoms with Crippen molar-refractivity contribution in [3.63, 3.8) is 0 Å². The molecule has 5 N–H and O–H groups in total. The standard InChI is InChI=1S/C26H30FN3O.C6H8O7/c1-18(31)30-16-11-22-21-10-9-20(27)17-23(21)28-24(22)26(30)14-12-25(13-15-26,29(2)3)19-7-5-4-6-8-19;7-3(8)1-6(13,5(11)12)2-4(9)10/h4-10,17,28H,11-16H2,1-3H3;13H,1-2H2,(H,7,8)(H,9,10)(H,11,12). The normalized spacial score (nSPS) is 21.5. The Hall–Kier alpha value is -4.29. The monoisotopic (exact) mass is 611 g/mol. The molecule has 236 valence electrons. The van der Waals surface area contributed by atoms with Crippen LogP contribution in [0.2, 0.25) is 0 Å². The van der Waals surface area contributed by atoms with Crippen molar-refractivity contribution < 1.29 is 44.0 Å². The molecule has 0 unspecified atom stereocenters. The van der Waals surface area contributed by atoms with Crippen LogP contribution in [-0.4, -0.2) is 85.3 Å². The van der Waals surface area contributed by atoms with E-state index in [1.165, 1.54) is 17.2 Å². The molecular formula is C32H38FN3O8. The fourth-order valence-corrected chi connectivity index (χ4v) is 6.97. The maximum absolute atomic E-state index is 13.9. The number of carboxylic acids is 3. The number of halogens is 1. The zero-order valence-corrected chi connectivity index (χ0v) is 25.0. The molecule has 1 saturated carbocycles. The molecular weight excluding hydrogens is 573 g/mol. The van der Waals surface area contributed by atoms with Crippen LogP contribution in [0, 0.1) is 5.82 Å². The van der Waals surface area contributed by atoms with Gasteiger partial charge in [0.1, 0.15) is 5.82 Å². The van der Waals surface area contributed by atoms with Crippen LogP contribution in [0.25, 0.3) is 10.9 Å². The largest absolute Gasteiger partial charge is 0.481 e. The number of hydrogen-bond acceptors (Lipinski definition) is 6. The maximum atomic E-state index is 13.9. The van der Waals surface area contributed by atoms with Crippen molar-refractivity contribution in [3.8, 4) is 0 Å². The van der Waals surface area contributed by atoms with Crippen LogP contribution >= 0.6 is 0 Å². The number of fused-ring (bicyclic) bond motifs is 4. The summed E-state index contributed by atoms with van der Waals surface area (Å²) in [5, 5.41) is 34.9. The molecule has 0 saturated heterocycles. The number of carbonyl (C=O) groups excluding carboxylic acids is 1. The molecule has 1 fully saturated rings. The van der Waals surface area contributed by atoms with Gasteiger partial charge in [-0.1, -0.05) is 30.3 Å². The lowest BCUT2D eigenvalue weighted by Crippen LogP contribution is -2.58. The Labute approximate surface area is 253 Å². The van der Waals surface area contributed by atoms with Crippen LogP contribution in [0.4, 0.5) is 4.39 Å². The highest BCUT2D eigenvalue weighted by molar-refractivity contribution is 5.88. The summed E-state index contributed by atoms with van der Waals surface area (Å²) >= 11 is 0. The number of benzene rings is 2. The van der Waals surface area contributed by atoms with Crippen LogP contribution < -0.4 is 0 Å². The lowest BCUT2D eigenvalue weighted by molar-refractivity contribution is -0.170. The van der Waals surface area contributed by atoms with E-state index in [4.69, 9.17) is 20.4 Å². The molecule has 2 heterocycles. The van der Waals surface area contributed by atoms with Gasteiger partial charge in [0, 0.05) is 35.6 Å². The SMILES string of the molecule is CC(=O)N1CCc2c([nH]c3cc(F)ccc23)C12CCC(c1ccccc1)(N(C)C)CC2.O=C(O)CC(O)(CC(=O)O)C(=O)O. The Balaban J connectivity index is 0.000000289. The van der Waals surface area contributed by atoms with Crippen molar-refractivity contribution in [1.82, 2.24) is 14.8 Å². The minimum Gasteiger partial charge on any atom is -0.481 e. The van der Waals surface area contributed by atoms with Crippen molar-refractivity contribution in [2.75, 3.05) is 20.6 Å². The third-order valence-electron chi connectivity index (χ3n) is 9.17. The van der Waals surface area contributed by atoms with E-state index in [1.807, 2.05) is 6.07 Å². The quantitative estimate of drug-likeness (QED) is 0.267. The second-order valence-electron chi connectivity index (χ2n) is 11.9. The number of aromatic amines is 1. The molecule has 0 radical (unpaired) electrons. The van der Waals surface area contributed by atoms with Crippen LogP contribution in [0.15, 0.2) is 48.5 Å². The van der Waals surface area contributed by atoms with Gasteiger partial charge < -0.3 is 30.3 Å². The average Bonchev–Trinajstić information content (AvgIpc) is 3.32. The topological polar surface area (TPSA) is 171 Å². The fraction of sp³-hybridized carbons (Fsp3) is 0.438. The molecule has 1 aromatic heterocycles. The Morgan fingerprint density at radius 2 is 1.55 bits per heavy atom. The first kappa shape index (κ1) is 32.6. The van der Waals surface area contributed by atoms with Gasteiger partial charge in [0.25, 0.3) is 0 Å². The molecule has 11 nitrogen and oxygen atoms in total. The first-order valence-electron chi connectivity index (χ1n) is 14.4. The maximum Gasteiger partial charge on any atom is 0.336 e. The summed E-state index contributed by atoms with van der Waals surface area (Å²) in [5.74, 6) is -5.13. The summed E-state index contributed by atoms with van der Waals surface area (Å²) in [6, 6.07) is 15.7. The van der Waals surface area contributed by atoms with Gasteiger partial charge in [-0.2, -0.15) is 0 Å². The lowest BCUT2D eigenvalue weighted by atomic mass is 9.65. The second kappa shape index (κ2) is 12.4. The third-order valence-corrected chi connectivity index (χ3v) is 9.17. The van der Waals surface area contributed by atoms with E-state index < -0.39 is 36.4 Å². The van der Waals surface area contributed by atoms with Crippen molar-refractivity contribution >= 4 is 34.7 Å². The lowest BCUT2D eigenvalue weighted by Gasteiger charge is -2.55. The third kappa shape index (κ3) is 6.04. The fourth-order valence-electron chi connectivity index (χ4n) is 6.97. The van der Waals surface area contributed by atoms with Crippen molar-refractivity contribution in [1.29, 1.82) is 0 Å². The Morgan fingerprint density at radius 1 is 0.955 bits per heavy atom. The van der Waals surface area contributed by atoms with E-state index in [0.29, 0.717) is 6.54 Å². The van der Waals surface area contributed by atoms with E-state index in [2.05, 4.69) is 59.2 Å². The highest BCUT2D eigenvalue weighted by Gasteiger charge is 2.52. The predicted molar refractivity (Wildman–Crippen MR) is 158 cm³/mol. The Morgan fingerprint density at radius 3 is 2.05 bits per heavy atom. The van der Waals surface area contributed by atoms with E-state index in [1.54, 1.807) is 13.0 Å². The Bertz CT molecular complexity index is 1540. The van der Waals surface area contributed by atoms with E-state index in [0.717, 1.165) is 48.7 Å². The summed E-state index contributed by atoms with van der Waals surface area (Å²) in [6.07, 6.45) is 2.18. The second-order valence-corrected chi connectivity index (χ2v) is 11.9. The first-order chi connectivity index (χ1) is 20.6. The first-order valence-corrected chi connectivity index (χ1v) is 14.4. The summed E-state index contributed by atoms with van der Waals surface area (Å²) in [5.41, 5.74) is 1.40. The smallest absolute Gasteiger partial charge is 0.336 e. The zero-order chi connectivity index (χ0) is 32.4. The molecule has 2 aromatic carbocycles. The van der Waals surface area contributed by atoms with Crippen LogP contribution in [0.5, 0.6) is 0 Å². The molecule has 5 rings (SSSR count). The number of nitrogens with zero attached hydrogens (tertiary/aromatic N) is 2. The number of aromatic nitrogens is 1. The van der Waals surface area contributed by atoms with Crippen molar-refractivity contribution in [2.24, 2.45) is 0 Å². The van der Waals surface area contributed by atoms with Gasteiger partial charge in [0.2, 0.25) is 5.91 Å². The summed E-state index contributed by atoms with van der Waals surface area (Å²) < 4.78 is 13.9. The molecule has 1 aliphatic heterocycles. The number of amides is 1. The van der Waals surface area contributed by atoms with E-state index in [-0.39, 0.29) is 22.8 Å². The number of carboxylic acid groups (broad SMARTS) is 3. The number of H-pyrrole nitrogens is 1. The van der Waals surface area contributed by atoms with Crippen LogP contribution in [0.1, 0.15) is 62.3 Å². The summed E-state index contributed by atoms with van der Waals surface area (Å²) in [4.78, 5) is 51.2. The number of rotatable bonds is 7. The van der Waals surface area contributed by atoms with Gasteiger partial charge in [-0.15, -0.1) is 0 Å². The van der Waals surface area contributed by atoms with Gasteiger partial charge in [0.15, 0.2) is 5.60 Å². The van der Waals surface area contributed by atoms with Gasteiger partial charge >= 0.3 is 17.9 Å². The molecule has 2 aliphatic rings. The number of carbonyl (C=O) groups is 4. The Kier molecular flexibility index (Phi) is 9.17. The van der Waals surface area contributed by atoms with E-state index in [9.17, 15) is 23.6 Å². The molecule has 0 atom stereocenters. The number of nitrogens with one attached hydrogen (secondary N) is 1. The van der Waals surface area contributed by atoms with Gasteiger partial charge in [-0.05, 0) is 75.5 Å². The zero-order valence-electron chi connectivity index (χ0n) is 25.0. The van der Waals surface area contributed by atoms with Crippen LogP contribution in [-0.2, 0) is 36.7 Å². The highest BCUT2D eigenvalue weighted by Crippen LogP contribution is 2.53. The molecule has 44 heavy (non-hydrogen) atoms. The van der Waals surface area contributed by atoms with Gasteiger partial charge in [0.05, 0.1) is 18.4 Å².